The molecule has 1 aromatic carbocycles. The van der Waals surface area contributed by atoms with Crippen LogP contribution in [0.15, 0.2) is 36.5 Å². The Labute approximate surface area is 116 Å². The third kappa shape index (κ3) is 4.03. The Kier molecular flexibility index (Phi) is 5.34. The molecular formula is C17H24N2. The number of aromatic nitrogens is 1. The number of hydrogen-bond acceptors (Lipinski definition) is 2. The van der Waals surface area contributed by atoms with Crippen LogP contribution < -0.4 is 5.32 Å². The molecule has 0 saturated carbocycles. The maximum atomic E-state index is 4.42. The van der Waals surface area contributed by atoms with Crippen molar-refractivity contribution in [3.8, 4) is 0 Å². The summed E-state index contributed by atoms with van der Waals surface area (Å²) in [5.74, 6) is 0. The fourth-order valence-electron chi connectivity index (χ4n) is 2.41. The van der Waals surface area contributed by atoms with Crippen molar-refractivity contribution in [2.75, 3.05) is 6.54 Å². The van der Waals surface area contributed by atoms with Crippen molar-refractivity contribution in [1.29, 1.82) is 0 Å². The van der Waals surface area contributed by atoms with Gasteiger partial charge in [-0.15, -0.1) is 0 Å². The fourth-order valence-corrected chi connectivity index (χ4v) is 2.41. The van der Waals surface area contributed by atoms with Crippen molar-refractivity contribution in [1.82, 2.24) is 10.3 Å². The monoisotopic (exact) mass is 256 g/mol. The molecule has 102 valence electrons. The number of benzene rings is 1. The molecule has 2 heteroatoms. The zero-order valence-electron chi connectivity index (χ0n) is 12.0. The number of nitrogens with one attached hydrogen (secondary N) is 1. The van der Waals surface area contributed by atoms with Gasteiger partial charge in [-0.3, -0.25) is 4.98 Å². The molecular weight excluding hydrogens is 232 g/mol. The molecule has 1 atom stereocenters. The predicted molar refractivity (Wildman–Crippen MR) is 82.4 cm³/mol. The fraction of sp³-hybridized carbons (Fsp3) is 0.471. The van der Waals surface area contributed by atoms with E-state index in [0.29, 0.717) is 6.04 Å². The SMILES string of the molecule is CCCNC(CC)CCc1ccc2cccnc2c1. The van der Waals surface area contributed by atoms with Gasteiger partial charge >= 0.3 is 0 Å². The van der Waals surface area contributed by atoms with Gasteiger partial charge < -0.3 is 5.32 Å². The van der Waals surface area contributed by atoms with Gasteiger partial charge in [-0.05, 0) is 49.9 Å². The van der Waals surface area contributed by atoms with E-state index in [0.717, 1.165) is 18.5 Å². The highest BCUT2D eigenvalue weighted by Gasteiger charge is 2.05. The van der Waals surface area contributed by atoms with E-state index in [2.05, 4.69) is 48.4 Å². The van der Waals surface area contributed by atoms with Crippen LogP contribution in [-0.2, 0) is 6.42 Å². The maximum Gasteiger partial charge on any atom is 0.0704 e. The summed E-state index contributed by atoms with van der Waals surface area (Å²) < 4.78 is 0. The van der Waals surface area contributed by atoms with Crippen molar-refractivity contribution in [3.05, 3.63) is 42.1 Å². The van der Waals surface area contributed by atoms with Crippen molar-refractivity contribution in [2.45, 2.75) is 45.6 Å². The third-order valence-corrected chi connectivity index (χ3v) is 3.63. The summed E-state index contributed by atoms with van der Waals surface area (Å²) in [6.07, 6.45) is 6.60. The van der Waals surface area contributed by atoms with E-state index >= 15 is 0 Å². The molecule has 0 saturated heterocycles. The summed E-state index contributed by atoms with van der Waals surface area (Å²) >= 11 is 0. The van der Waals surface area contributed by atoms with E-state index in [9.17, 15) is 0 Å². The molecule has 0 amide bonds. The Balaban J connectivity index is 1.96. The largest absolute Gasteiger partial charge is 0.314 e. The van der Waals surface area contributed by atoms with Gasteiger partial charge in [0.15, 0.2) is 0 Å². The van der Waals surface area contributed by atoms with Crippen molar-refractivity contribution in [2.24, 2.45) is 0 Å². The van der Waals surface area contributed by atoms with Crippen LogP contribution in [0.25, 0.3) is 10.9 Å². The van der Waals surface area contributed by atoms with E-state index in [4.69, 9.17) is 0 Å². The molecule has 1 aromatic heterocycles. The molecule has 0 radical (unpaired) electrons. The molecule has 0 fully saturated rings. The molecule has 0 aliphatic carbocycles. The Morgan fingerprint density at radius 3 is 2.89 bits per heavy atom. The maximum absolute atomic E-state index is 4.42. The predicted octanol–water partition coefficient (Wildman–Crippen LogP) is 3.95. The first-order valence-electron chi connectivity index (χ1n) is 7.40. The Morgan fingerprint density at radius 2 is 2.11 bits per heavy atom. The lowest BCUT2D eigenvalue weighted by Gasteiger charge is -2.16. The highest BCUT2D eigenvalue weighted by Crippen LogP contribution is 2.15. The number of hydrogen-bond donors (Lipinski definition) is 1. The summed E-state index contributed by atoms with van der Waals surface area (Å²) in [5.41, 5.74) is 2.50. The second-order valence-electron chi connectivity index (χ2n) is 5.13. The first-order valence-corrected chi connectivity index (χ1v) is 7.40. The van der Waals surface area contributed by atoms with E-state index in [1.54, 1.807) is 0 Å². The molecule has 2 nitrogen and oxygen atoms in total. The Hall–Kier alpha value is -1.41. The lowest BCUT2D eigenvalue weighted by molar-refractivity contribution is 0.468. The van der Waals surface area contributed by atoms with Crippen LogP contribution in [0, 0.1) is 0 Å². The molecule has 0 aliphatic heterocycles. The van der Waals surface area contributed by atoms with Crippen LogP contribution in [0.4, 0.5) is 0 Å². The first kappa shape index (κ1) is 14.0. The molecule has 0 bridgehead atoms. The van der Waals surface area contributed by atoms with Crippen molar-refractivity contribution < 1.29 is 0 Å². The van der Waals surface area contributed by atoms with Gasteiger partial charge in [-0.25, -0.2) is 0 Å². The van der Waals surface area contributed by atoms with Gasteiger partial charge in [-0.2, -0.15) is 0 Å². The van der Waals surface area contributed by atoms with E-state index in [-0.39, 0.29) is 0 Å². The zero-order chi connectivity index (χ0) is 13.5. The van der Waals surface area contributed by atoms with Crippen LogP contribution in [-0.4, -0.2) is 17.6 Å². The smallest absolute Gasteiger partial charge is 0.0704 e. The van der Waals surface area contributed by atoms with Gasteiger partial charge in [0.25, 0.3) is 0 Å². The van der Waals surface area contributed by atoms with Crippen molar-refractivity contribution in [3.63, 3.8) is 0 Å². The standard InChI is InChI=1S/C17H24N2/c1-3-11-18-16(4-2)10-8-14-7-9-15-6-5-12-19-17(15)13-14/h5-7,9,12-13,16,18H,3-4,8,10-11H2,1-2H3. The number of rotatable bonds is 7. The van der Waals surface area contributed by atoms with Crippen LogP contribution in [0.2, 0.25) is 0 Å². The molecule has 2 rings (SSSR count). The topological polar surface area (TPSA) is 24.9 Å². The van der Waals surface area contributed by atoms with Crippen LogP contribution in [0.3, 0.4) is 0 Å². The molecule has 2 aromatic rings. The number of nitrogens with zero attached hydrogens (tertiary/aromatic N) is 1. The molecule has 1 N–H and O–H groups in total. The van der Waals surface area contributed by atoms with E-state index in [1.165, 1.54) is 30.2 Å². The minimum absolute atomic E-state index is 0.638. The van der Waals surface area contributed by atoms with E-state index in [1.807, 2.05) is 12.3 Å². The zero-order valence-corrected chi connectivity index (χ0v) is 12.0. The quantitative estimate of drug-likeness (QED) is 0.811. The lowest BCUT2D eigenvalue weighted by Crippen LogP contribution is -2.29. The Bertz CT molecular complexity index is 507. The lowest BCUT2D eigenvalue weighted by atomic mass is 10.0. The minimum Gasteiger partial charge on any atom is -0.314 e. The Morgan fingerprint density at radius 1 is 1.21 bits per heavy atom. The summed E-state index contributed by atoms with van der Waals surface area (Å²) in [7, 11) is 0. The van der Waals surface area contributed by atoms with Gasteiger partial charge in [-0.1, -0.05) is 32.0 Å². The third-order valence-electron chi connectivity index (χ3n) is 3.63. The summed E-state index contributed by atoms with van der Waals surface area (Å²) in [6.45, 7) is 5.60. The molecule has 0 aliphatic rings. The average Bonchev–Trinajstić information content (AvgIpc) is 2.47. The van der Waals surface area contributed by atoms with Crippen molar-refractivity contribution >= 4 is 10.9 Å². The number of aryl methyl sites for hydroxylation is 1. The van der Waals surface area contributed by atoms with Crippen LogP contribution >= 0.6 is 0 Å². The first-order chi connectivity index (χ1) is 9.33. The highest BCUT2D eigenvalue weighted by molar-refractivity contribution is 5.78. The number of pyridine rings is 1. The summed E-state index contributed by atoms with van der Waals surface area (Å²) in [5, 5.41) is 4.84. The average molecular weight is 256 g/mol. The van der Waals surface area contributed by atoms with Crippen LogP contribution in [0.1, 0.15) is 38.7 Å². The molecule has 1 unspecified atom stereocenters. The minimum atomic E-state index is 0.638. The van der Waals surface area contributed by atoms with Gasteiger partial charge in [0, 0.05) is 17.6 Å². The molecule has 19 heavy (non-hydrogen) atoms. The van der Waals surface area contributed by atoms with Crippen LogP contribution in [0.5, 0.6) is 0 Å². The van der Waals surface area contributed by atoms with Gasteiger partial charge in [0.2, 0.25) is 0 Å². The summed E-state index contributed by atoms with van der Waals surface area (Å²) in [6, 6.07) is 11.4. The van der Waals surface area contributed by atoms with Gasteiger partial charge in [0.1, 0.15) is 0 Å². The van der Waals surface area contributed by atoms with Gasteiger partial charge in [0.05, 0.1) is 5.52 Å². The number of fused-ring (bicyclic) bond motifs is 1. The molecule has 0 spiro atoms. The van der Waals surface area contributed by atoms with E-state index < -0.39 is 0 Å². The molecule has 1 heterocycles. The second kappa shape index (κ2) is 7.25. The normalized spacial score (nSPS) is 12.7. The highest BCUT2D eigenvalue weighted by atomic mass is 14.9. The second-order valence-corrected chi connectivity index (χ2v) is 5.13. The summed E-state index contributed by atoms with van der Waals surface area (Å²) in [4.78, 5) is 4.42.